The summed E-state index contributed by atoms with van der Waals surface area (Å²) in [7, 11) is 0. The van der Waals surface area contributed by atoms with E-state index in [-0.39, 0.29) is 65.8 Å². The van der Waals surface area contributed by atoms with Crippen LogP contribution in [0.3, 0.4) is 0 Å². The van der Waals surface area contributed by atoms with Gasteiger partial charge in [-0.25, -0.2) is 5.48 Å². The van der Waals surface area contributed by atoms with Crippen molar-refractivity contribution in [3.63, 3.8) is 0 Å². The molecule has 0 spiro atoms. The molecule has 0 aromatic rings. The Morgan fingerprint density at radius 2 is 1.66 bits per heavy atom. The summed E-state index contributed by atoms with van der Waals surface area (Å²) in [6.45, 7) is 6.66. The minimum Gasteiger partial charge on any atom is -0.481 e. The first-order valence-electron chi connectivity index (χ1n) is 14.6. The third kappa shape index (κ3) is 5.61. The highest BCUT2D eigenvalue weighted by Crippen LogP contribution is 2.68. The van der Waals surface area contributed by atoms with E-state index in [0.29, 0.717) is 25.2 Å². The van der Waals surface area contributed by atoms with Crippen LogP contribution in [-0.2, 0) is 19.2 Å². The van der Waals surface area contributed by atoms with Crippen molar-refractivity contribution in [2.75, 3.05) is 0 Å². The normalized spacial score (nSPS) is 42.9. The van der Waals surface area contributed by atoms with Crippen molar-refractivity contribution >= 4 is 17.8 Å². The zero-order chi connectivity index (χ0) is 27.8. The molecule has 4 fully saturated rings. The number of hydrogen-bond donors (Lipinski definition) is 5. The summed E-state index contributed by atoms with van der Waals surface area (Å²) in [5.74, 6) is -0.758. The average molecular weight is 538 g/mol. The fourth-order valence-corrected chi connectivity index (χ4v) is 9.16. The molecule has 11 atom stereocenters. The second kappa shape index (κ2) is 11.4. The first-order chi connectivity index (χ1) is 17.9. The van der Waals surface area contributed by atoms with Crippen LogP contribution < -0.4 is 5.48 Å². The molecule has 216 valence electrons. The van der Waals surface area contributed by atoms with Gasteiger partial charge in [-0.1, -0.05) is 20.8 Å². The molecule has 9 nitrogen and oxygen atoms in total. The third-order valence-corrected chi connectivity index (χ3v) is 11.4. The van der Waals surface area contributed by atoms with Gasteiger partial charge in [0.05, 0.1) is 24.7 Å². The number of carboxylic acid groups (broad SMARTS) is 2. The third-order valence-electron chi connectivity index (χ3n) is 11.4. The van der Waals surface area contributed by atoms with E-state index in [1.165, 1.54) is 0 Å². The molecule has 9 heteroatoms. The quantitative estimate of drug-likeness (QED) is 0.264. The minimum atomic E-state index is -1.02. The number of carbonyl (C=O) groups is 3. The Bertz CT molecular complexity index is 896. The Kier molecular flexibility index (Phi) is 8.80. The molecular formula is C29H47NO8. The molecule has 1 amide bonds. The molecule has 38 heavy (non-hydrogen) atoms. The number of aliphatic hydroxyl groups excluding tert-OH is 2. The van der Waals surface area contributed by atoms with E-state index >= 15 is 0 Å². The number of hydrogen-bond acceptors (Lipinski definition) is 6. The second-order valence-electron chi connectivity index (χ2n) is 13.4. The van der Waals surface area contributed by atoms with Crippen LogP contribution >= 0.6 is 0 Å². The highest BCUT2D eigenvalue weighted by Gasteiger charge is 2.65. The number of hydroxylamine groups is 1. The Morgan fingerprint density at radius 3 is 2.34 bits per heavy atom. The van der Waals surface area contributed by atoms with Gasteiger partial charge in [-0.15, -0.1) is 0 Å². The summed E-state index contributed by atoms with van der Waals surface area (Å²) in [4.78, 5) is 39.3. The number of fused-ring (bicyclic) bond motifs is 5. The van der Waals surface area contributed by atoms with Crippen molar-refractivity contribution in [1.82, 2.24) is 5.48 Å². The highest BCUT2D eigenvalue weighted by atomic mass is 16.7. The zero-order valence-corrected chi connectivity index (χ0v) is 23.1. The van der Waals surface area contributed by atoms with Crippen molar-refractivity contribution in [2.24, 2.45) is 46.3 Å². The van der Waals surface area contributed by atoms with Crippen molar-refractivity contribution in [3.05, 3.63) is 0 Å². The van der Waals surface area contributed by atoms with Gasteiger partial charge in [0.15, 0.2) is 0 Å². The fourth-order valence-electron chi connectivity index (χ4n) is 9.16. The number of nitrogens with one attached hydrogen (secondary N) is 1. The van der Waals surface area contributed by atoms with Gasteiger partial charge in [-0.3, -0.25) is 19.2 Å². The molecule has 0 heterocycles. The predicted octanol–water partition coefficient (Wildman–Crippen LogP) is 3.76. The zero-order valence-electron chi connectivity index (χ0n) is 23.1. The highest BCUT2D eigenvalue weighted by molar-refractivity contribution is 5.79. The lowest BCUT2D eigenvalue weighted by molar-refractivity contribution is -0.210. The van der Waals surface area contributed by atoms with Crippen LogP contribution in [0.25, 0.3) is 0 Å². The predicted molar refractivity (Wildman–Crippen MR) is 139 cm³/mol. The van der Waals surface area contributed by atoms with Gasteiger partial charge >= 0.3 is 11.9 Å². The van der Waals surface area contributed by atoms with Crippen LogP contribution in [0.4, 0.5) is 0 Å². The lowest BCUT2D eigenvalue weighted by Gasteiger charge is -2.63. The van der Waals surface area contributed by atoms with Gasteiger partial charge < -0.3 is 20.4 Å². The molecule has 0 radical (unpaired) electrons. The average Bonchev–Trinajstić information content (AvgIpc) is 3.18. The topological polar surface area (TPSA) is 153 Å². The van der Waals surface area contributed by atoms with Gasteiger partial charge in [-0.2, -0.15) is 0 Å². The summed E-state index contributed by atoms with van der Waals surface area (Å²) in [6.07, 6.45) is 6.10. The lowest BCUT2D eigenvalue weighted by atomic mass is 9.43. The van der Waals surface area contributed by atoms with Crippen LogP contribution in [0.1, 0.15) is 97.8 Å². The van der Waals surface area contributed by atoms with E-state index in [9.17, 15) is 24.6 Å². The van der Waals surface area contributed by atoms with Crippen molar-refractivity contribution < 1.29 is 39.6 Å². The van der Waals surface area contributed by atoms with Crippen LogP contribution in [0.2, 0.25) is 0 Å². The Morgan fingerprint density at radius 1 is 0.947 bits per heavy atom. The lowest BCUT2D eigenvalue weighted by Crippen LogP contribution is -2.62. The second-order valence-corrected chi connectivity index (χ2v) is 13.4. The molecule has 4 aliphatic carbocycles. The van der Waals surface area contributed by atoms with E-state index in [1.54, 1.807) is 0 Å². The van der Waals surface area contributed by atoms with Gasteiger partial charge in [0.2, 0.25) is 5.91 Å². The molecule has 0 aromatic carbocycles. The van der Waals surface area contributed by atoms with E-state index in [0.717, 1.165) is 38.5 Å². The van der Waals surface area contributed by atoms with Crippen molar-refractivity contribution in [2.45, 2.75) is 116 Å². The van der Waals surface area contributed by atoms with Crippen LogP contribution in [0.15, 0.2) is 0 Å². The monoisotopic (exact) mass is 537 g/mol. The molecule has 11 unspecified atom stereocenters. The number of aliphatic carboxylic acids is 2. The summed E-state index contributed by atoms with van der Waals surface area (Å²) >= 11 is 0. The van der Waals surface area contributed by atoms with Crippen LogP contribution in [0, 0.1) is 46.3 Å². The van der Waals surface area contributed by atoms with Gasteiger partial charge in [0, 0.05) is 12.8 Å². The largest absolute Gasteiger partial charge is 0.481 e. The smallest absolute Gasteiger partial charge is 0.303 e. The molecule has 0 aromatic heterocycles. The van der Waals surface area contributed by atoms with Crippen molar-refractivity contribution in [3.8, 4) is 0 Å². The molecule has 4 rings (SSSR count). The number of carbonyl (C=O) groups excluding carboxylic acids is 1. The van der Waals surface area contributed by atoms with E-state index in [1.807, 2.05) is 0 Å². The SMILES string of the molecule is CC(CCC(=O)O)CC1CCC2C3C(O)CC4CC(ONC(=O)CCC(=O)O)CCC4(C)C3CC(O)C12C. The van der Waals surface area contributed by atoms with Gasteiger partial charge in [0.25, 0.3) is 0 Å². The van der Waals surface area contributed by atoms with Crippen LogP contribution in [-0.4, -0.2) is 56.6 Å². The molecule has 5 N–H and O–H groups in total. The molecule has 4 aliphatic rings. The molecule has 0 saturated heterocycles. The number of rotatable bonds is 10. The molecule has 0 bridgehead atoms. The van der Waals surface area contributed by atoms with Gasteiger partial charge in [-0.05, 0) is 104 Å². The standard InChI is InChI=1S/C29H47NO8/c1-16(4-8-25(34)35)12-17-5-6-20-27-21(15-23(32)29(17,20)3)28(2)11-10-19(13-18(28)14-22(27)31)38-30-24(33)7-9-26(36)37/h16-23,27,31-32H,4-15H2,1-3H3,(H,30,33)(H,34,35)(H,36,37). The fraction of sp³-hybridized carbons (Fsp3) is 0.897. The Hall–Kier alpha value is -1.71. The maximum Gasteiger partial charge on any atom is 0.303 e. The van der Waals surface area contributed by atoms with E-state index < -0.39 is 30.1 Å². The van der Waals surface area contributed by atoms with E-state index in [2.05, 4.69) is 26.3 Å². The van der Waals surface area contributed by atoms with E-state index in [4.69, 9.17) is 15.1 Å². The summed E-state index contributed by atoms with van der Waals surface area (Å²) in [5.41, 5.74) is 2.14. The Balaban J connectivity index is 1.41. The van der Waals surface area contributed by atoms with Crippen molar-refractivity contribution in [1.29, 1.82) is 0 Å². The Labute approximate surface area is 225 Å². The maximum absolute atomic E-state index is 11.9. The number of carboxylic acids is 2. The molecular weight excluding hydrogens is 490 g/mol. The summed E-state index contributed by atoms with van der Waals surface area (Å²) in [5, 5.41) is 41.0. The molecule has 4 saturated carbocycles. The minimum absolute atomic E-state index is 0.0216. The maximum atomic E-state index is 11.9. The first-order valence-corrected chi connectivity index (χ1v) is 14.6. The van der Waals surface area contributed by atoms with Crippen LogP contribution in [0.5, 0.6) is 0 Å². The van der Waals surface area contributed by atoms with Gasteiger partial charge in [0.1, 0.15) is 0 Å². The summed E-state index contributed by atoms with van der Waals surface area (Å²) in [6, 6.07) is 0. The number of amides is 1. The first kappa shape index (κ1) is 29.3. The summed E-state index contributed by atoms with van der Waals surface area (Å²) < 4.78 is 0. The molecule has 0 aliphatic heterocycles. The number of aliphatic hydroxyl groups is 2.